The fourth-order valence-electron chi connectivity index (χ4n) is 3.49. The molecule has 4 aromatic rings. The summed E-state index contributed by atoms with van der Waals surface area (Å²) in [4.78, 5) is 0. The van der Waals surface area contributed by atoms with Crippen LogP contribution in [0, 0.1) is 6.92 Å². The predicted molar refractivity (Wildman–Crippen MR) is 134 cm³/mol. The number of rotatable bonds is 8. The van der Waals surface area contributed by atoms with E-state index in [1.54, 1.807) is 0 Å². The molecule has 0 heterocycles. The Bertz CT molecular complexity index is 1080. The van der Waals surface area contributed by atoms with Crippen LogP contribution in [0.3, 0.4) is 0 Å². The molecular formula is C28H29N3. The number of hydrogen-bond acceptors (Lipinski definition) is 3. The molecule has 0 saturated carbocycles. The average Bonchev–Trinajstić information content (AvgIpc) is 2.82. The molecule has 3 N–H and O–H groups in total. The summed E-state index contributed by atoms with van der Waals surface area (Å²) >= 11 is 0. The van der Waals surface area contributed by atoms with Crippen LogP contribution in [0.4, 0.5) is 28.4 Å². The van der Waals surface area contributed by atoms with Gasteiger partial charge in [0.05, 0.1) is 0 Å². The van der Waals surface area contributed by atoms with Crippen LogP contribution in [0.2, 0.25) is 0 Å². The van der Waals surface area contributed by atoms with E-state index in [0.29, 0.717) is 0 Å². The van der Waals surface area contributed by atoms with E-state index in [4.69, 9.17) is 0 Å². The Morgan fingerprint density at radius 3 is 1.16 bits per heavy atom. The van der Waals surface area contributed by atoms with Gasteiger partial charge in [0.2, 0.25) is 0 Å². The molecule has 0 aliphatic carbocycles. The van der Waals surface area contributed by atoms with Crippen LogP contribution in [0.5, 0.6) is 0 Å². The van der Waals surface area contributed by atoms with Gasteiger partial charge < -0.3 is 16.0 Å². The molecule has 0 atom stereocenters. The Hall–Kier alpha value is -3.72. The summed E-state index contributed by atoms with van der Waals surface area (Å²) < 4.78 is 0. The van der Waals surface area contributed by atoms with Crippen molar-refractivity contribution in [2.24, 2.45) is 0 Å². The second-order valence-corrected chi connectivity index (χ2v) is 7.84. The van der Waals surface area contributed by atoms with Crippen molar-refractivity contribution in [1.29, 1.82) is 0 Å². The first kappa shape index (κ1) is 20.5. The van der Waals surface area contributed by atoms with E-state index in [1.165, 1.54) is 16.7 Å². The summed E-state index contributed by atoms with van der Waals surface area (Å²) in [6, 6.07) is 34.2. The van der Waals surface area contributed by atoms with Gasteiger partial charge in [-0.05, 0) is 91.6 Å². The van der Waals surface area contributed by atoms with Crippen LogP contribution in [0.15, 0.2) is 97.1 Å². The molecule has 0 bridgehead atoms. The van der Waals surface area contributed by atoms with Crippen molar-refractivity contribution < 1.29 is 0 Å². The van der Waals surface area contributed by atoms with Crippen molar-refractivity contribution in [3.05, 3.63) is 114 Å². The van der Waals surface area contributed by atoms with Gasteiger partial charge >= 0.3 is 0 Å². The minimum atomic E-state index is 1.04. The summed E-state index contributed by atoms with van der Waals surface area (Å²) in [5.74, 6) is 0. The Kier molecular flexibility index (Phi) is 6.53. The van der Waals surface area contributed by atoms with Gasteiger partial charge in [-0.1, -0.05) is 42.0 Å². The molecule has 0 unspecified atom stereocenters. The highest BCUT2D eigenvalue weighted by Crippen LogP contribution is 2.22. The maximum atomic E-state index is 3.48. The minimum Gasteiger partial charge on any atom is -0.388 e. The van der Waals surface area contributed by atoms with Crippen LogP contribution in [-0.4, -0.2) is 7.05 Å². The number of benzene rings is 4. The maximum Gasteiger partial charge on any atom is 0.0385 e. The Labute approximate surface area is 185 Å². The molecule has 0 fully saturated rings. The van der Waals surface area contributed by atoms with Gasteiger partial charge in [0.1, 0.15) is 0 Å². The second kappa shape index (κ2) is 9.86. The maximum absolute atomic E-state index is 3.48. The van der Waals surface area contributed by atoms with E-state index in [0.717, 1.165) is 41.3 Å². The van der Waals surface area contributed by atoms with Crippen molar-refractivity contribution in [1.82, 2.24) is 0 Å². The first-order chi connectivity index (χ1) is 15.2. The topological polar surface area (TPSA) is 36.1 Å². The van der Waals surface area contributed by atoms with E-state index >= 15 is 0 Å². The third-order valence-electron chi connectivity index (χ3n) is 5.41. The number of anilines is 5. The fourth-order valence-corrected chi connectivity index (χ4v) is 3.49. The molecule has 4 rings (SSSR count). The number of nitrogens with one attached hydrogen (secondary N) is 3. The second-order valence-electron chi connectivity index (χ2n) is 7.84. The molecule has 3 nitrogen and oxygen atoms in total. The lowest BCUT2D eigenvalue weighted by atomic mass is 10.0. The van der Waals surface area contributed by atoms with E-state index in [-0.39, 0.29) is 0 Å². The Morgan fingerprint density at radius 2 is 0.774 bits per heavy atom. The van der Waals surface area contributed by atoms with E-state index in [9.17, 15) is 0 Å². The van der Waals surface area contributed by atoms with Gasteiger partial charge in [-0.15, -0.1) is 0 Å². The Morgan fingerprint density at radius 1 is 0.452 bits per heavy atom. The van der Waals surface area contributed by atoms with Crippen LogP contribution in [-0.2, 0) is 12.8 Å². The third-order valence-corrected chi connectivity index (χ3v) is 5.41. The monoisotopic (exact) mass is 407 g/mol. The summed E-state index contributed by atoms with van der Waals surface area (Å²) in [5, 5.41) is 10.1. The minimum absolute atomic E-state index is 1.04. The molecule has 4 aromatic carbocycles. The first-order valence-corrected chi connectivity index (χ1v) is 10.7. The molecule has 3 heteroatoms. The van der Waals surface area contributed by atoms with Crippen molar-refractivity contribution >= 4 is 28.4 Å². The quantitative estimate of drug-likeness (QED) is 0.287. The average molecular weight is 408 g/mol. The molecule has 0 spiro atoms. The Balaban J connectivity index is 1.30. The van der Waals surface area contributed by atoms with Crippen LogP contribution < -0.4 is 16.0 Å². The van der Waals surface area contributed by atoms with Crippen molar-refractivity contribution in [3.63, 3.8) is 0 Å². The predicted octanol–water partition coefficient (Wildman–Crippen LogP) is 7.31. The van der Waals surface area contributed by atoms with Crippen LogP contribution in [0.1, 0.15) is 16.7 Å². The SMILES string of the molecule is CNc1ccc(CCc2ccc(Nc3ccc(Nc4ccc(C)cc4)cc3)cc2)cc1. The molecule has 0 aliphatic heterocycles. The standard InChI is InChI=1S/C28H29N3/c1-21-3-11-25(12-4-21)30-27-17-19-28(20-18-27)31-26-15-9-23(10-16-26)6-5-22-7-13-24(29-2)14-8-22/h3-4,7-20,29-31H,5-6H2,1-2H3. The van der Waals surface area contributed by atoms with E-state index < -0.39 is 0 Å². The van der Waals surface area contributed by atoms with Gasteiger partial charge in [0.15, 0.2) is 0 Å². The molecule has 0 radical (unpaired) electrons. The molecule has 0 aromatic heterocycles. The van der Waals surface area contributed by atoms with Crippen molar-refractivity contribution in [2.75, 3.05) is 23.0 Å². The molecule has 31 heavy (non-hydrogen) atoms. The lowest BCUT2D eigenvalue weighted by Crippen LogP contribution is -1.95. The fraction of sp³-hybridized carbons (Fsp3) is 0.143. The largest absolute Gasteiger partial charge is 0.388 e. The summed E-state index contributed by atoms with van der Waals surface area (Å²) in [6.07, 6.45) is 2.09. The van der Waals surface area contributed by atoms with E-state index in [1.807, 2.05) is 7.05 Å². The van der Waals surface area contributed by atoms with Gasteiger partial charge in [-0.3, -0.25) is 0 Å². The van der Waals surface area contributed by atoms with Crippen molar-refractivity contribution in [3.8, 4) is 0 Å². The zero-order valence-corrected chi connectivity index (χ0v) is 18.2. The van der Waals surface area contributed by atoms with Crippen LogP contribution >= 0.6 is 0 Å². The highest BCUT2D eigenvalue weighted by Gasteiger charge is 2.00. The first-order valence-electron chi connectivity index (χ1n) is 10.7. The van der Waals surface area contributed by atoms with Gasteiger partial charge in [-0.25, -0.2) is 0 Å². The molecule has 0 amide bonds. The summed E-state index contributed by atoms with van der Waals surface area (Å²) in [5.41, 5.74) is 9.47. The molecule has 156 valence electrons. The van der Waals surface area contributed by atoms with Gasteiger partial charge in [0.25, 0.3) is 0 Å². The lowest BCUT2D eigenvalue weighted by Gasteiger charge is -2.10. The normalized spacial score (nSPS) is 10.5. The van der Waals surface area contributed by atoms with Gasteiger partial charge in [0, 0.05) is 35.5 Å². The van der Waals surface area contributed by atoms with Gasteiger partial charge in [-0.2, -0.15) is 0 Å². The smallest absolute Gasteiger partial charge is 0.0385 e. The van der Waals surface area contributed by atoms with E-state index in [2.05, 4.69) is 120 Å². The molecular weight excluding hydrogens is 378 g/mol. The highest BCUT2D eigenvalue weighted by molar-refractivity contribution is 5.66. The summed E-state index contributed by atoms with van der Waals surface area (Å²) in [7, 11) is 1.95. The zero-order chi connectivity index (χ0) is 21.5. The van der Waals surface area contributed by atoms with Crippen LogP contribution in [0.25, 0.3) is 0 Å². The number of hydrogen-bond donors (Lipinski definition) is 3. The lowest BCUT2D eigenvalue weighted by molar-refractivity contribution is 0.960. The molecule has 0 aliphatic rings. The van der Waals surface area contributed by atoms with Crippen molar-refractivity contribution in [2.45, 2.75) is 19.8 Å². The summed E-state index contributed by atoms with van der Waals surface area (Å²) in [6.45, 7) is 2.10. The molecule has 0 saturated heterocycles. The number of aryl methyl sites for hydroxylation is 3. The third kappa shape index (κ3) is 5.89. The zero-order valence-electron chi connectivity index (χ0n) is 18.2. The highest BCUT2D eigenvalue weighted by atomic mass is 14.9.